The minimum Gasteiger partial charge on any atom is -0.348 e. The van der Waals surface area contributed by atoms with Crippen LogP contribution in [0.25, 0.3) is 16.7 Å². The fraction of sp³-hybridized carbons (Fsp3) is 0.474. The predicted molar refractivity (Wildman–Crippen MR) is 103 cm³/mol. The molecule has 8 nitrogen and oxygen atoms in total. The number of nitrogens with zero attached hydrogens (tertiary/aromatic N) is 4. The van der Waals surface area contributed by atoms with E-state index in [0.717, 1.165) is 5.39 Å². The van der Waals surface area contributed by atoms with Gasteiger partial charge in [0.2, 0.25) is 0 Å². The van der Waals surface area contributed by atoms with Crippen molar-refractivity contribution in [3.8, 4) is 5.82 Å². The van der Waals surface area contributed by atoms with Gasteiger partial charge in [-0.1, -0.05) is 0 Å². The van der Waals surface area contributed by atoms with Crippen LogP contribution in [0.5, 0.6) is 0 Å². The third-order valence-electron chi connectivity index (χ3n) is 5.30. The van der Waals surface area contributed by atoms with Gasteiger partial charge in [-0.15, -0.1) is 0 Å². The van der Waals surface area contributed by atoms with Gasteiger partial charge in [-0.05, 0) is 31.7 Å². The second-order valence-corrected chi connectivity index (χ2v) is 7.47. The number of carbonyl (C=O) groups excluding carboxylic acids is 1. The SMILES string of the molecule is O=C(N[C@H]1CC[C@@H](NCCC(F)(F)F)CC1)c1nc(-n2ccnc2)cc2cn[nH]c12. The maximum absolute atomic E-state index is 12.9. The zero-order chi connectivity index (χ0) is 21.1. The Kier molecular flexibility index (Phi) is 5.71. The van der Waals surface area contributed by atoms with Crippen LogP contribution in [0, 0.1) is 0 Å². The first-order valence-electron chi connectivity index (χ1n) is 9.82. The number of rotatable bonds is 6. The molecular weight excluding hydrogens is 399 g/mol. The first-order valence-corrected chi connectivity index (χ1v) is 9.82. The smallest absolute Gasteiger partial charge is 0.348 e. The van der Waals surface area contributed by atoms with Crippen LogP contribution < -0.4 is 10.6 Å². The number of nitrogens with one attached hydrogen (secondary N) is 3. The predicted octanol–water partition coefficient (Wildman–Crippen LogP) is 2.73. The van der Waals surface area contributed by atoms with Gasteiger partial charge in [0.15, 0.2) is 5.69 Å². The summed E-state index contributed by atoms with van der Waals surface area (Å²) in [6, 6.07) is 1.81. The molecule has 0 radical (unpaired) electrons. The molecular formula is C19H22F3N7O. The van der Waals surface area contributed by atoms with E-state index in [2.05, 4.69) is 30.8 Å². The number of pyridine rings is 1. The maximum Gasteiger partial charge on any atom is 0.390 e. The third-order valence-corrected chi connectivity index (χ3v) is 5.30. The first-order chi connectivity index (χ1) is 14.4. The Morgan fingerprint density at radius 2 is 2.00 bits per heavy atom. The van der Waals surface area contributed by atoms with Crippen LogP contribution in [0.1, 0.15) is 42.6 Å². The Bertz CT molecular complexity index is 991. The van der Waals surface area contributed by atoms with E-state index >= 15 is 0 Å². The van der Waals surface area contributed by atoms with Crippen molar-refractivity contribution >= 4 is 16.8 Å². The highest BCUT2D eigenvalue weighted by Crippen LogP contribution is 2.23. The van der Waals surface area contributed by atoms with Crippen LogP contribution in [-0.4, -0.2) is 55.4 Å². The summed E-state index contributed by atoms with van der Waals surface area (Å²) < 4.78 is 38.5. The molecule has 3 heterocycles. The molecule has 4 rings (SSSR count). The van der Waals surface area contributed by atoms with E-state index in [4.69, 9.17) is 0 Å². The van der Waals surface area contributed by atoms with Gasteiger partial charge in [-0.3, -0.25) is 14.5 Å². The lowest BCUT2D eigenvalue weighted by Crippen LogP contribution is -2.43. The molecule has 0 spiro atoms. The second-order valence-electron chi connectivity index (χ2n) is 7.47. The van der Waals surface area contributed by atoms with Gasteiger partial charge in [-0.25, -0.2) is 9.97 Å². The van der Waals surface area contributed by atoms with Gasteiger partial charge in [-0.2, -0.15) is 18.3 Å². The van der Waals surface area contributed by atoms with Crippen LogP contribution in [-0.2, 0) is 0 Å². The van der Waals surface area contributed by atoms with Crippen molar-refractivity contribution < 1.29 is 18.0 Å². The molecule has 0 atom stereocenters. The highest BCUT2D eigenvalue weighted by atomic mass is 19.4. The molecule has 1 fully saturated rings. The summed E-state index contributed by atoms with van der Waals surface area (Å²) >= 11 is 0. The van der Waals surface area contributed by atoms with Crippen molar-refractivity contribution in [2.75, 3.05) is 6.54 Å². The number of hydrogen-bond acceptors (Lipinski definition) is 5. The Hall–Kier alpha value is -2.95. The Morgan fingerprint density at radius 3 is 2.70 bits per heavy atom. The number of alkyl halides is 3. The van der Waals surface area contributed by atoms with Crippen LogP contribution in [0.2, 0.25) is 0 Å². The largest absolute Gasteiger partial charge is 0.390 e. The first kappa shape index (κ1) is 20.3. The molecule has 1 aliphatic carbocycles. The van der Waals surface area contributed by atoms with Crippen molar-refractivity contribution in [1.82, 2.24) is 35.4 Å². The number of imidazole rings is 1. The molecule has 3 aromatic rings. The summed E-state index contributed by atoms with van der Waals surface area (Å²) in [4.78, 5) is 21.4. The summed E-state index contributed by atoms with van der Waals surface area (Å²) in [6.45, 7) is -0.0754. The van der Waals surface area contributed by atoms with Crippen LogP contribution in [0.3, 0.4) is 0 Å². The van der Waals surface area contributed by atoms with Crippen molar-refractivity contribution in [3.63, 3.8) is 0 Å². The summed E-state index contributed by atoms with van der Waals surface area (Å²) in [5.41, 5.74) is 0.804. The molecule has 1 aliphatic rings. The number of aromatic amines is 1. The molecule has 11 heteroatoms. The molecule has 0 saturated heterocycles. The van der Waals surface area contributed by atoms with Gasteiger partial charge >= 0.3 is 6.18 Å². The molecule has 3 aromatic heterocycles. The van der Waals surface area contributed by atoms with Crippen molar-refractivity contribution in [3.05, 3.63) is 36.7 Å². The minimum atomic E-state index is -4.14. The molecule has 160 valence electrons. The highest BCUT2D eigenvalue weighted by Gasteiger charge is 2.28. The van der Waals surface area contributed by atoms with E-state index in [0.29, 0.717) is 37.0 Å². The Balaban J connectivity index is 1.38. The lowest BCUT2D eigenvalue weighted by molar-refractivity contribution is -0.133. The molecule has 30 heavy (non-hydrogen) atoms. The maximum atomic E-state index is 12.9. The second kappa shape index (κ2) is 8.42. The monoisotopic (exact) mass is 421 g/mol. The topological polar surface area (TPSA) is 101 Å². The number of halogens is 3. The summed E-state index contributed by atoms with van der Waals surface area (Å²) in [6.07, 6.45) is 4.44. The Labute approximate surface area is 170 Å². The molecule has 1 amide bonds. The quantitative estimate of drug-likeness (QED) is 0.568. The van der Waals surface area contributed by atoms with E-state index < -0.39 is 12.6 Å². The number of amides is 1. The molecule has 0 aromatic carbocycles. The van der Waals surface area contributed by atoms with E-state index in [1.165, 1.54) is 0 Å². The lowest BCUT2D eigenvalue weighted by atomic mass is 9.91. The summed E-state index contributed by atoms with van der Waals surface area (Å²) in [5.74, 6) is 0.254. The zero-order valence-corrected chi connectivity index (χ0v) is 16.1. The standard InChI is InChI=1S/C19H22F3N7O/c20-19(21,22)5-6-24-13-1-3-14(4-2-13)26-18(30)17-16-12(10-25-28-16)9-15(27-17)29-8-7-23-11-29/h7-11,13-14,24H,1-6H2,(H,25,28)(H,26,30)/t13-,14+. The number of fused-ring (bicyclic) bond motifs is 1. The van der Waals surface area contributed by atoms with Crippen LogP contribution >= 0.6 is 0 Å². The molecule has 0 aliphatic heterocycles. The molecule has 0 bridgehead atoms. The summed E-state index contributed by atoms with van der Waals surface area (Å²) in [7, 11) is 0. The van der Waals surface area contributed by atoms with Crippen molar-refractivity contribution in [1.29, 1.82) is 0 Å². The van der Waals surface area contributed by atoms with Gasteiger partial charge in [0, 0.05) is 36.4 Å². The minimum absolute atomic E-state index is 0.0440. The van der Waals surface area contributed by atoms with E-state index in [-0.39, 0.29) is 30.2 Å². The van der Waals surface area contributed by atoms with Gasteiger partial charge in [0.05, 0.1) is 18.1 Å². The molecule has 0 unspecified atom stereocenters. The summed E-state index contributed by atoms with van der Waals surface area (Å²) in [5, 5.41) is 13.6. The van der Waals surface area contributed by atoms with E-state index in [1.54, 1.807) is 29.5 Å². The highest BCUT2D eigenvalue weighted by molar-refractivity contribution is 6.04. The average molecular weight is 421 g/mol. The molecule has 1 saturated carbocycles. The third kappa shape index (κ3) is 4.78. The lowest BCUT2D eigenvalue weighted by Gasteiger charge is -2.30. The number of aromatic nitrogens is 5. The van der Waals surface area contributed by atoms with E-state index in [1.807, 2.05) is 6.07 Å². The fourth-order valence-electron chi connectivity index (χ4n) is 3.74. The van der Waals surface area contributed by atoms with Crippen molar-refractivity contribution in [2.45, 2.75) is 50.4 Å². The zero-order valence-electron chi connectivity index (χ0n) is 16.1. The number of H-pyrrole nitrogens is 1. The molecule has 3 N–H and O–H groups in total. The number of hydrogen-bond donors (Lipinski definition) is 3. The van der Waals surface area contributed by atoms with Gasteiger partial charge < -0.3 is 10.6 Å². The van der Waals surface area contributed by atoms with Gasteiger partial charge in [0.25, 0.3) is 5.91 Å². The Morgan fingerprint density at radius 1 is 1.23 bits per heavy atom. The number of carbonyl (C=O) groups is 1. The van der Waals surface area contributed by atoms with E-state index in [9.17, 15) is 18.0 Å². The average Bonchev–Trinajstić information content (AvgIpc) is 3.39. The fourth-order valence-corrected chi connectivity index (χ4v) is 3.74. The van der Waals surface area contributed by atoms with Crippen LogP contribution in [0.4, 0.5) is 13.2 Å². The normalized spacial score (nSPS) is 19.8. The van der Waals surface area contributed by atoms with Crippen molar-refractivity contribution in [2.24, 2.45) is 0 Å². The van der Waals surface area contributed by atoms with Gasteiger partial charge in [0.1, 0.15) is 12.1 Å². The van der Waals surface area contributed by atoms with Crippen LogP contribution in [0.15, 0.2) is 31.0 Å².